The van der Waals surface area contributed by atoms with Crippen LogP contribution >= 0.6 is 23.4 Å². The summed E-state index contributed by atoms with van der Waals surface area (Å²) in [5, 5.41) is 2.67. The van der Waals surface area contributed by atoms with Crippen LogP contribution in [0.4, 0.5) is 20.2 Å². The van der Waals surface area contributed by atoms with E-state index in [0.717, 1.165) is 17.8 Å². The van der Waals surface area contributed by atoms with E-state index in [1.54, 1.807) is 6.07 Å². The van der Waals surface area contributed by atoms with Crippen LogP contribution in [0.25, 0.3) is 0 Å². The van der Waals surface area contributed by atoms with Gasteiger partial charge in [-0.1, -0.05) is 11.6 Å². The number of halogens is 3. The number of hydrogen-bond acceptors (Lipinski definition) is 3. The molecule has 21 heavy (non-hydrogen) atoms. The van der Waals surface area contributed by atoms with Crippen LogP contribution in [0.5, 0.6) is 0 Å². The van der Waals surface area contributed by atoms with Gasteiger partial charge in [0, 0.05) is 10.6 Å². The average molecular weight is 329 g/mol. The van der Waals surface area contributed by atoms with Gasteiger partial charge in [0.2, 0.25) is 5.91 Å². The second kappa shape index (κ2) is 6.78. The van der Waals surface area contributed by atoms with Crippen molar-refractivity contribution in [3.05, 3.63) is 53.1 Å². The third-order valence-corrected chi connectivity index (χ3v) is 3.76. The molecule has 0 unspecified atom stereocenters. The number of rotatable bonds is 4. The summed E-state index contributed by atoms with van der Waals surface area (Å²) in [6, 6.07) is 7.74. The number of nitrogens with two attached hydrogens (primary N) is 1. The normalized spacial score (nSPS) is 10.4. The molecule has 0 aliphatic rings. The third kappa shape index (κ3) is 4.61. The van der Waals surface area contributed by atoms with E-state index in [2.05, 4.69) is 5.32 Å². The van der Waals surface area contributed by atoms with Gasteiger partial charge in [-0.2, -0.15) is 0 Å². The summed E-state index contributed by atoms with van der Waals surface area (Å²) in [6.07, 6.45) is 0. The second-order valence-corrected chi connectivity index (χ2v) is 5.64. The maximum Gasteiger partial charge on any atom is 0.234 e. The van der Waals surface area contributed by atoms with Gasteiger partial charge in [-0.05, 0) is 36.4 Å². The molecule has 7 heteroatoms. The first kappa shape index (κ1) is 15.6. The molecule has 3 nitrogen and oxygen atoms in total. The molecule has 0 aliphatic heterocycles. The summed E-state index contributed by atoms with van der Waals surface area (Å²) < 4.78 is 26.0. The van der Waals surface area contributed by atoms with Crippen molar-refractivity contribution in [2.24, 2.45) is 0 Å². The third-order valence-electron chi connectivity index (χ3n) is 2.47. The SMILES string of the molecule is Nc1cc(F)cc(SCC(=O)Nc2ccc(F)cc2Cl)c1. The Bertz CT molecular complexity index is 662. The van der Waals surface area contributed by atoms with Gasteiger partial charge in [0.1, 0.15) is 11.6 Å². The Morgan fingerprint density at radius 2 is 1.95 bits per heavy atom. The Morgan fingerprint density at radius 1 is 1.19 bits per heavy atom. The molecule has 2 aromatic carbocycles. The molecule has 0 aromatic heterocycles. The zero-order valence-electron chi connectivity index (χ0n) is 10.7. The largest absolute Gasteiger partial charge is 0.399 e. The summed E-state index contributed by atoms with van der Waals surface area (Å²) >= 11 is 6.94. The standard InChI is InChI=1S/C14H11ClF2N2OS/c15-12-5-8(16)1-2-13(12)19-14(20)7-21-11-4-9(17)3-10(18)6-11/h1-6H,7,18H2,(H,19,20). The highest BCUT2D eigenvalue weighted by Gasteiger charge is 2.08. The van der Waals surface area contributed by atoms with Crippen LogP contribution in [0.3, 0.4) is 0 Å². The maximum absolute atomic E-state index is 13.1. The lowest BCUT2D eigenvalue weighted by Gasteiger charge is -2.07. The van der Waals surface area contributed by atoms with Gasteiger partial charge in [0.15, 0.2) is 0 Å². The molecule has 0 bridgehead atoms. The van der Waals surface area contributed by atoms with Crippen molar-refractivity contribution in [2.75, 3.05) is 16.8 Å². The minimum Gasteiger partial charge on any atom is -0.399 e. The highest BCUT2D eigenvalue weighted by atomic mass is 35.5. The summed E-state index contributed by atoms with van der Waals surface area (Å²) in [5.74, 6) is -1.23. The van der Waals surface area contributed by atoms with E-state index >= 15 is 0 Å². The molecule has 0 atom stereocenters. The zero-order valence-corrected chi connectivity index (χ0v) is 12.3. The fraction of sp³-hybridized carbons (Fsp3) is 0.0714. The molecule has 0 saturated heterocycles. The first-order valence-corrected chi connectivity index (χ1v) is 7.24. The van der Waals surface area contributed by atoms with E-state index in [1.165, 1.54) is 24.3 Å². The summed E-state index contributed by atoms with van der Waals surface area (Å²) in [7, 11) is 0. The van der Waals surface area contributed by atoms with Crippen LogP contribution < -0.4 is 11.1 Å². The van der Waals surface area contributed by atoms with Crippen molar-refractivity contribution in [1.82, 2.24) is 0 Å². The summed E-state index contributed by atoms with van der Waals surface area (Å²) in [5.41, 5.74) is 6.13. The Morgan fingerprint density at radius 3 is 2.62 bits per heavy atom. The molecule has 0 spiro atoms. The molecule has 2 rings (SSSR count). The van der Waals surface area contributed by atoms with Crippen LogP contribution in [0.15, 0.2) is 41.3 Å². The van der Waals surface area contributed by atoms with E-state index in [9.17, 15) is 13.6 Å². The van der Waals surface area contributed by atoms with Gasteiger partial charge in [-0.25, -0.2) is 8.78 Å². The Kier molecular flexibility index (Phi) is 5.03. The quantitative estimate of drug-likeness (QED) is 0.660. The predicted octanol–water partition coefficient (Wildman–Crippen LogP) is 3.93. The number of carbonyl (C=O) groups is 1. The zero-order chi connectivity index (χ0) is 15.4. The molecule has 0 aliphatic carbocycles. The molecule has 0 saturated carbocycles. The maximum atomic E-state index is 13.1. The Hall–Kier alpha value is -1.79. The number of hydrogen-bond donors (Lipinski definition) is 2. The topological polar surface area (TPSA) is 55.1 Å². The van der Waals surface area contributed by atoms with Crippen molar-refractivity contribution in [3.63, 3.8) is 0 Å². The van der Waals surface area contributed by atoms with Gasteiger partial charge >= 0.3 is 0 Å². The number of amides is 1. The number of carbonyl (C=O) groups excluding carboxylic acids is 1. The molecule has 3 N–H and O–H groups in total. The lowest BCUT2D eigenvalue weighted by atomic mass is 10.3. The highest BCUT2D eigenvalue weighted by Crippen LogP contribution is 2.24. The van der Waals surface area contributed by atoms with Crippen LogP contribution in [0.1, 0.15) is 0 Å². The minimum absolute atomic E-state index is 0.0522. The van der Waals surface area contributed by atoms with Crippen LogP contribution in [-0.4, -0.2) is 11.7 Å². The van der Waals surface area contributed by atoms with Crippen LogP contribution in [0, 0.1) is 11.6 Å². The fourth-order valence-electron chi connectivity index (χ4n) is 1.59. The molecular formula is C14H11ClF2N2OS. The van der Waals surface area contributed by atoms with Gasteiger partial charge in [0.25, 0.3) is 0 Å². The molecule has 0 radical (unpaired) electrons. The number of nitrogen functional groups attached to an aromatic ring is 1. The van der Waals surface area contributed by atoms with Crippen LogP contribution in [0.2, 0.25) is 5.02 Å². The van der Waals surface area contributed by atoms with Gasteiger partial charge < -0.3 is 11.1 Å². The van der Waals surface area contributed by atoms with Crippen molar-refractivity contribution in [2.45, 2.75) is 4.90 Å². The molecule has 0 heterocycles. The average Bonchev–Trinajstić information content (AvgIpc) is 2.39. The minimum atomic E-state index is -0.484. The van der Waals surface area contributed by atoms with Crippen molar-refractivity contribution >= 4 is 40.6 Å². The van der Waals surface area contributed by atoms with Crippen molar-refractivity contribution < 1.29 is 13.6 Å². The van der Waals surface area contributed by atoms with E-state index in [1.807, 2.05) is 0 Å². The Labute approximate surface area is 129 Å². The van der Waals surface area contributed by atoms with Crippen LogP contribution in [-0.2, 0) is 4.79 Å². The first-order valence-electron chi connectivity index (χ1n) is 5.88. The van der Waals surface area contributed by atoms with E-state index in [-0.39, 0.29) is 16.7 Å². The number of anilines is 2. The van der Waals surface area contributed by atoms with E-state index in [4.69, 9.17) is 17.3 Å². The fourth-order valence-corrected chi connectivity index (χ4v) is 2.59. The van der Waals surface area contributed by atoms with E-state index < -0.39 is 11.6 Å². The molecule has 2 aromatic rings. The lowest BCUT2D eigenvalue weighted by molar-refractivity contribution is -0.113. The first-order chi connectivity index (χ1) is 9.94. The number of benzene rings is 2. The van der Waals surface area contributed by atoms with Crippen molar-refractivity contribution in [1.29, 1.82) is 0 Å². The molecule has 0 fully saturated rings. The highest BCUT2D eigenvalue weighted by molar-refractivity contribution is 8.00. The molecule has 1 amide bonds. The summed E-state index contributed by atoms with van der Waals surface area (Å²) in [4.78, 5) is 12.3. The van der Waals surface area contributed by atoms with Gasteiger partial charge in [0.05, 0.1) is 16.5 Å². The Balaban J connectivity index is 1.95. The smallest absolute Gasteiger partial charge is 0.234 e. The lowest BCUT2D eigenvalue weighted by Crippen LogP contribution is -2.14. The predicted molar refractivity (Wildman–Crippen MR) is 81.6 cm³/mol. The second-order valence-electron chi connectivity index (χ2n) is 4.18. The summed E-state index contributed by atoms with van der Waals surface area (Å²) in [6.45, 7) is 0. The monoisotopic (exact) mass is 328 g/mol. The number of nitrogens with one attached hydrogen (secondary N) is 1. The molecular weight excluding hydrogens is 318 g/mol. The van der Waals surface area contributed by atoms with E-state index in [0.29, 0.717) is 16.3 Å². The number of thioether (sulfide) groups is 1. The van der Waals surface area contributed by atoms with Gasteiger partial charge in [-0.3, -0.25) is 4.79 Å². The van der Waals surface area contributed by atoms with Gasteiger partial charge in [-0.15, -0.1) is 11.8 Å². The van der Waals surface area contributed by atoms with Crippen molar-refractivity contribution in [3.8, 4) is 0 Å². The molecule has 110 valence electrons.